The third kappa shape index (κ3) is 3.90. The van der Waals surface area contributed by atoms with Crippen LogP contribution in [0.15, 0.2) is 182 Å². The fourth-order valence-corrected chi connectivity index (χ4v) is 8.46. The third-order valence-corrected chi connectivity index (χ3v) is 10.6. The zero-order chi connectivity index (χ0) is 32.8. The molecule has 2 heteroatoms. The Balaban J connectivity index is 1.16. The number of fused-ring (bicyclic) bond motifs is 9. The number of benzene rings is 9. The Kier molecular flexibility index (Phi) is 5.70. The molecule has 1 aromatic heterocycles. The van der Waals surface area contributed by atoms with Gasteiger partial charge in [-0.1, -0.05) is 121 Å². The fourth-order valence-electron chi connectivity index (χ4n) is 8.46. The van der Waals surface area contributed by atoms with Gasteiger partial charge in [-0.15, -0.1) is 0 Å². The van der Waals surface area contributed by atoms with E-state index in [2.05, 4.69) is 191 Å². The molecule has 2 nitrogen and oxygen atoms in total. The van der Waals surface area contributed by atoms with Crippen LogP contribution in [0.5, 0.6) is 0 Å². The molecule has 232 valence electrons. The molecule has 0 N–H and O–H groups in total. The molecular formula is C48H30N2. The summed E-state index contributed by atoms with van der Waals surface area (Å²) in [5.74, 6) is 0. The Bertz CT molecular complexity index is 2990. The summed E-state index contributed by atoms with van der Waals surface area (Å²) in [5, 5.41) is 10.2. The predicted octanol–water partition coefficient (Wildman–Crippen LogP) is 13.4. The highest BCUT2D eigenvalue weighted by Gasteiger charge is 2.26. The first-order valence-corrected chi connectivity index (χ1v) is 17.3. The summed E-state index contributed by atoms with van der Waals surface area (Å²) in [4.78, 5) is 2.41. The summed E-state index contributed by atoms with van der Waals surface area (Å²) in [6.45, 7) is 0. The Morgan fingerprint density at radius 3 is 1.94 bits per heavy atom. The van der Waals surface area contributed by atoms with Gasteiger partial charge in [0.1, 0.15) is 0 Å². The quantitative estimate of drug-likeness (QED) is 0.175. The highest BCUT2D eigenvalue weighted by molar-refractivity contribution is 6.24. The van der Waals surface area contributed by atoms with Crippen LogP contribution in [0.25, 0.3) is 82.1 Å². The molecule has 0 radical (unpaired) electrons. The Hall–Kier alpha value is -6.64. The van der Waals surface area contributed by atoms with E-state index in [1.807, 2.05) is 0 Å². The van der Waals surface area contributed by atoms with Crippen molar-refractivity contribution in [3.63, 3.8) is 0 Å². The highest BCUT2D eigenvalue weighted by atomic mass is 15.1. The van der Waals surface area contributed by atoms with Crippen molar-refractivity contribution < 1.29 is 0 Å². The van der Waals surface area contributed by atoms with Crippen LogP contribution in [0.1, 0.15) is 0 Å². The van der Waals surface area contributed by atoms with Crippen LogP contribution in [0.3, 0.4) is 0 Å². The predicted molar refractivity (Wildman–Crippen MR) is 212 cm³/mol. The maximum absolute atomic E-state index is 2.43. The van der Waals surface area contributed by atoms with Crippen LogP contribution in [0, 0.1) is 0 Å². The van der Waals surface area contributed by atoms with Gasteiger partial charge in [0, 0.05) is 33.5 Å². The lowest BCUT2D eigenvalue weighted by Crippen LogP contribution is -2.10. The second-order valence-corrected chi connectivity index (χ2v) is 13.4. The number of para-hydroxylation sites is 2. The average Bonchev–Trinajstić information content (AvgIpc) is 3.69. The summed E-state index contributed by atoms with van der Waals surface area (Å²) >= 11 is 0. The van der Waals surface area contributed by atoms with Crippen molar-refractivity contribution in [1.82, 2.24) is 4.57 Å². The minimum atomic E-state index is 1.12. The van der Waals surface area contributed by atoms with Crippen molar-refractivity contribution in [3.8, 4) is 27.9 Å². The van der Waals surface area contributed by atoms with Gasteiger partial charge in [-0.3, -0.25) is 0 Å². The van der Waals surface area contributed by atoms with E-state index in [9.17, 15) is 0 Å². The zero-order valence-corrected chi connectivity index (χ0v) is 27.2. The molecule has 11 rings (SSSR count). The van der Waals surface area contributed by atoms with E-state index in [-0.39, 0.29) is 0 Å². The molecule has 50 heavy (non-hydrogen) atoms. The second kappa shape index (κ2) is 10.4. The van der Waals surface area contributed by atoms with E-state index >= 15 is 0 Å². The second-order valence-electron chi connectivity index (χ2n) is 13.4. The number of aromatic nitrogens is 1. The molecule has 0 bridgehead atoms. The number of rotatable bonds is 4. The molecule has 0 saturated carbocycles. The molecule has 1 aliphatic rings. The third-order valence-electron chi connectivity index (χ3n) is 10.6. The van der Waals surface area contributed by atoms with Crippen molar-refractivity contribution in [2.75, 3.05) is 4.90 Å². The van der Waals surface area contributed by atoms with E-state index in [0.717, 1.165) is 22.7 Å². The van der Waals surface area contributed by atoms with Gasteiger partial charge in [-0.25, -0.2) is 0 Å². The zero-order valence-electron chi connectivity index (χ0n) is 27.2. The monoisotopic (exact) mass is 634 g/mol. The lowest BCUT2D eigenvalue weighted by atomic mass is 9.95. The molecule has 0 unspecified atom stereocenters. The molecule has 0 atom stereocenters. The van der Waals surface area contributed by atoms with E-state index in [1.54, 1.807) is 0 Å². The molecule has 9 aromatic carbocycles. The SMILES string of the molecule is c1ccc(N(c2ccc3c(c2)-c2c4ccccc4cc4cccc-3c24)c2ccc3c4ccccc4n(-c4ccc5ccccc5c4)c3c2)cc1. The maximum Gasteiger partial charge on any atom is 0.0561 e. The van der Waals surface area contributed by atoms with Crippen molar-refractivity contribution in [1.29, 1.82) is 0 Å². The van der Waals surface area contributed by atoms with Crippen LogP contribution < -0.4 is 4.90 Å². The highest BCUT2D eigenvalue weighted by Crippen LogP contribution is 2.52. The Morgan fingerprint density at radius 1 is 0.340 bits per heavy atom. The molecule has 1 heterocycles. The van der Waals surface area contributed by atoms with Crippen molar-refractivity contribution in [3.05, 3.63) is 182 Å². The van der Waals surface area contributed by atoms with Crippen LogP contribution in [-0.4, -0.2) is 4.57 Å². The van der Waals surface area contributed by atoms with Gasteiger partial charge in [0.05, 0.1) is 11.0 Å². The first kappa shape index (κ1) is 27.3. The summed E-state index contributed by atoms with van der Waals surface area (Å²) in [6, 6.07) is 66.8. The Morgan fingerprint density at radius 2 is 1.04 bits per heavy atom. The fraction of sp³-hybridized carbons (Fsp3) is 0. The van der Waals surface area contributed by atoms with Gasteiger partial charge in [-0.2, -0.15) is 0 Å². The maximum atomic E-state index is 2.43. The molecule has 0 saturated heterocycles. The van der Waals surface area contributed by atoms with Gasteiger partial charge in [0.2, 0.25) is 0 Å². The van der Waals surface area contributed by atoms with Gasteiger partial charge >= 0.3 is 0 Å². The normalized spacial score (nSPS) is 12.0. The summed E-state index contributed by atoms with van der Waals surface area (Å²) in [5.41, 5.74) is 12.2. The lowest BCUT2D eigenvalue weighted by Gasteiger charge is -2.26. The molecule has 10 aromatic rings. The van der Waals surface area contributed by atoms with Crippen molar-refractivity contribution in [2.45, 2.75) is 0 Å². The van der Waals surface area contributed by atoms with Gasteiger partial charge in [-0.05, 0) is 115 Å². The minimum absolute atomic E-state index is 1.12. The smallest absolute Gasteiger partial charge is 0.0561 e. The van der Waals surface area contributed by atoms with Crippen LogP contribution in [-0.2, 0) is 0 Å². The van der Waals surface area contributed by atoms with E-state index in [4.69, 9.17) is 0 Å². The molecular weight excluding hydrogens is 605 g/mol. The lowest BCUT2D eigenvalue weighted by molar-refractivity contribution is 1.18. The molecule has 1 aliphatic carbocycles. The molecule has 0 fully saturated rings. The molecule has 0 aliphatic heterocycles. The number of hydrogen-bond donors (Lipinski definition) is 0. The van der Waals surface area contributed by atoms with Crippen LogP contribution in [0.2, 0.25) is 0 Å². The topological polar surface area (TPSA) is 8.17 Å². The summed E-state index contributed by atoms with van der Waals surface area (Å²) in [6.07, 6.45) is 0. The number of anilines is 3. The van der Waals surface area contributed by atoms with Gasteiger partial charge in [0.25, 0.3) is 0 Å². The van der Waals surface area contributed by atoms with Crippen LogP contribution in [0.4, 0.5) is 17.1 Å². The minimum Gasteiger partial charge on any atom is -0.310 e. The first-order valence-electron chi connectivity index (χ1n) is 17.3. The molecule has 0 amide bonds. The Labute approximate surface area is 289 Å². The summed E-state index contributed by atoms with van der Waals surface area (Å²) in [7, 11) is 0. The largest absolute Gasteiger partial charge is 0.310 e. The summed E-state index contributed by atoms with van der Waals surface area (Å²) < 4.78 is 2.43. The number of hydrogen-bond acceptors (Lipinski definition) is 1. The van der Waals surface area contributed by atoms with E-state index in [0.29, 0.717) is 0 Å². The molecule has 0 spiro atoms. The van der Waals surface area contributed by atoms with Gasteiger partial charge in [0.15, 0.2) is 0 Å². The van der Waals surface area contributed by atoms with Crippen molar-refractivity contribution >= 4 is 71.2 Å². The standard InChI is InChI=1S/C48H30N2/c1-2-15-35(16-3-1)49(37-23-25-40-43-19-10-14-34-27-33-13-6-7-17-39(33)48(47(34)43)44(40)29-37)38-24-26-42-41-18-8-9-20-45(41)50(46(42)30-38)36-22-21-31-11-4-5-12-32(31)28-36/h1-30H. The average molecular weight is 635 g/mol. The van der Waals surface area contributed by atoms with Gasteiger partial charge < -0.3 is 9.47 Å². The van der Waals surface area contributed by atoms with E-state index in [1.165, 1.54) is 76.4 Å². The number of nitrogens with zero attached hydrogens (tertiary/aromatic N) is 2. The first-order chi connectivity index (χ1) is 24.8. The van der Waals surface area contributed by atoms with E-state index < -0.39 is 0 Å². The van der Waals surface area contributed by atoms with Crippen molar-refractivity contribution in [2.24, 2.45) is 0 Å². The van der Waals surface area contributed by atoms with Crippen LogP contribution >= 0.6 is 0 Å².